The molecule has 59 heavy (non-hydrogen) atoms. The molecule has 1 aliphatic heterocycles. The topological polar surface area (TPSA) is 158 Å². The maximum atomic E-state index is 12.8. The highest BCUT2D eigenvalue weighted by Gasteiger charge is 2.45. The maximum Gasteiger partial charge on any atom is 0.355 e. The second-order valence-electron chi connectivity index (χ2n) is 13.5. The van der Waals surface area contributed by atoms with Crippen LogP contribution in [0.25, 0.3) is 5.69 Å². The van der Waals surface area contributed by atoms with E-state index in [1.807, 2.05) is 32.0 Å². The van der Waals surface area contributed by atoms with Gasteiger partial charge in [0.15, 0.2) is 4.84 Å². The Balaban J connectivity index is 0.000000239. The number of alkyl halides is 5. The molecule has 0 saturated carbocycles. The highest BCUT2D eigenvalue weighted by atomic mass is 35.5. The van der Waals surface area contributed by atoms with Gasteiger partial charge in [-0.25, -0.2) is 17.8 Å². The largest absolute Gasteiger partial charge is 0.467 e. The van der Waals surface area contributed by atoms with E-state index in [1.54, 1.807) is 38.2 Å². The summed E-state index contributed by atoms with van der Waals surface area (Å²) in [7, 11) is -2.01. The lowest BCUT2D eigenvalue weighted by Gasteiger charge is -2.31. The van der Waals surface area contributed by atoms with Crippen molar-refractivity contribution in [2.24, 2.45) is 0 Å². The second-order valence-corrected chi connectivity index (χ2v) is 17.4. The van der Waals surface area contributed by atoms with Gasteiger partial charge in [0, 0.05) is 7.11 Å². The Morgan fingerprint density at radius 1 is 1.12 bits per heavy atom. The first kappa shape index (κ1) is 49.9. The van der Waals surface area contributed by atoms with Gasteiger partial charge in [0.1, 0.15) is 29.3 Å². The third-order valence-corrected chi connectivity index (χ3v) is 10.5. The lowest BCUT2D eigenvalue weighted by atomic mass is 10.0. The van der Waals surface area contributed by atoms with Crippen LogP contribution in [0.3, 0.4) is 0 Å². The van der Waals surface area contributed by atoms with Crippen molar-refractivity contribution in [3.8, 4) is 5.69 Å². The number of carbonyl (C=O) groups excluding carboxylic acids is 2. The molecule has 326 valence electrons. The zero-order valence-electron chi connectivity index (χ0n) is 33.3. The molecular weight excluding hydrogens is 904 g/mol. The van der Waals surface area contributed by atoms with Crippen LogP contribution in [0, 0.1) is 13.8 Å². The van der Waals surface area contributed by atoms with E-state index >= 15 is 0 Å². The first-order valence-electron chi connectivity index (χ1n) is 17.7. The molecule has 0 spiro atoms. The van der Waals surface area contributed by atoms with Crippen LogP contribution in [-0.2, 0) is 35.5 Å². The van der Waals surface area contributed by atoms with E-state index < -0.39 is 32.8 Å². The van der Waals surface area contributed by atoms with Crippen LogP contribution in [0.2, 0.25) is 10.0 Å². The minimum Gasteiger partial charge on any atom is -0.467 e. The number of aryl methyl sites for hydroxylation is 3. The van der Waals surface area contributed by atoms with Gasteiger partial charge in [-0.15, -0.1) is 16.7 Å². The number of benzene rings is 2. The predicted molar refractivity (Wildman–Crippen MR) is 226 cm³/mol. The van der Waals surface area contributed by atoms with Gasteiger partial charge in [-0.3, -0.25) is 14.3 Å². The molecule has 1 saturated heterocycles. The van der Waals surface area contributed by atoms with Crippen LogP contribution >= 0.6 is 58.0 Å². The molecule has 2 unspecified atom stereocenters. The first-order chi connectivity index (χ1) is 27.5. The molecule has 14 nitrogen and oxygen atoms in total. The number of anilines is 2. The molecule has 1 fully saturated rings. The van der Waals surface area contributed by atoms with Crippen LogP contribution < -0.4 is 15.3 Å². The summed E-state index contributed by atoms with van der Waals surface area (Å²) in [6, 6.07) is 11.9. The number of nitrogens with zero attached hydrogens (tertiary/aromatic N) is 5. The zero-order chi connectivity index (χ0) is 44.6. The van der Waals surface area contributed by atoms with E-state index in [-0.39, 0.29) is 61.7 Å². The molecule has 22 heteroatoms. The van der Waals surface area contributed by atoms with Crippen LogP contribution in [0.1, 0.15) is 63.1 Å². The fraction of sp³-hybridized carbons (Fsp3) is 0.459. The lowest BCUT2D eigenvalue weighted by Crippen LogP contribution is -2.45. The van der Waals surface area contributed by atoms with E-state index in [4.69, 9.17) is 71.9 Å². The van der Waals surface area contributed by atoms with Gasteiger partial charge in [-0.05, 0) is 76.4 Å². The van der Waals surface area contributed by atoms with Crippen molar-refractivity contribution in [2.45, 2.75) is 77.2 Å². The predicted octanol–water partition coefficient (Wildman–Crippen LogP) is 8.30. The molecule has 2 amide bonds. The number of hydrogen-bond acceptors (Lipinski definition) is 9. The minimum atomic E-state index is -3.65. The quantitative estimate of drug-likeness (QED) is 0.138. The number of rotatable bonds is 12. The number of methoxy groups -OCH3 is 1. The van der Waals surface area contributed by atoms with Gasteiger partial charge < -0.3 is 23.7 Å². The summed E-state index contributed by atoms with van der Waals surface area (Å²) in [5.74, 6) is -0.00347. The third-order valence-electron chi connectivity index (χ3n) is 8.65. The second kappa shape index (κ2) is 21.4. The van der Waals surface area contributed by atoms with E-state index in [0.29, 0.717) is 23.6 Å². The summed E-state index contributed by atoms with van der Waals surface area (Å²) >= 11 is 28.8. The first-order valence-corrected chi connectivity index (χ1v) is 21.7. The summed E-state index contributed by atoms with van der Waals surface area (Å²) in [6.07, 6.45) is 3.07. The average Bonchev–Trinajstić information content (AvgIpc) is 3.87. The molecule has 4 aromatic rings. The van der Waals surface area contributed by atoms with Crippen molar-refractivity contribution in [1.82, 2.24) is 19.2 Å². The monoisotopic (exact) mass is 946 g/mol. The van der Waals surface area contributed by atoms with Gasteiger partial charge in [0.25, 0.3) is 5.91 Å². The van der Waals surface area contributed by atoms with Crippen molar-refractivity contribution in [3.05, 3.63) is 92.0 Å². The molecule has 2 atom stereocenters. The van der Waals surface area contributed by atoms with Crippen molar-refractivity contribution < 1.29 is 40.7 Å². The smallest absolute Gasteiger partial charge is 0.355 e. The number of carbonyl (C=O) groups is 2. The summed E-state index contributed by atoms with van der Waals surface area (Å²) in [5, 5.41) is 3.63. The van der Waals surface area contributed by atoms with Crippen molar-refractivity contribution in [3.63, 3.8) is 0 Å². The number of para-hydroxylation sites is 1. The molecule has 0 aliphatic carbocycles. The molecule has 1 aliphatic rings. The fourth-order valence-corrected chi connectivity index (χ4v) is 7.59. The summed E-state index contributed by atoms with van der Waals surface area (Å²) in [5.41, 5.74) is 1.20. The van der Waals surface area contributed by atoms with E-state index in [9.17, 15) is 31.6 Å². The van der Waals surface area contributed by atoms with Crippen molar-refractivity contribution >= 4 is 91.2 Å². The van der Waals surface area contributed by atoms with Gasteiger partial charge in [-0.2, -0.15) is 13.5 Å². The minimum absolute atomic E-state index is 0.0223. The van der Waals surface area contributed by atoms with Gasteiger partial charge in [-0.1, -0.05) is 71.5 Å². The molecule has 0 bridgehead atoms. The SMILES string of the molecule is CC1(C)OC(c2ccco2)CN1C(=O)C(Cl)Cl.CCc1cccc(C)c1N(C(=O)CCl)C(C)COC.Cc1nn(-c2cc(NS(C)(=O)=O)c(Cl)cc2Cl)c(=O)n1C(F)F. The number of amides is 2. The Hall–Kier alpha value is -3.42. The van der Waals surface area contributed by atoms with Gasteiger partial charge >= 0.3 is 12.2 Å². The number of hydrogen-bond donors (Lipinski definition) is 1. The van der Waals surface area contributed by atoms with Crippen LogP contribution in [0.4, 0.5) is 20.2 Å². The maximum absolute atomic E-state index is 12.8. The van der Waals surface area contributed by atoms with E-state index in [2.05, 4.69) is 22.8 Å². The average molecular weight is 949 g/mol. The standard InChI is InChI=1S/C15H22ClNO2.C11H10Cl2F2N4O3S.C11H13Cl2NO3/c1-5-13-8-6-7-11(2)15(13)17(14(18)9-16)12(3)10-19-4;1-5-16-19(11(20)18(5)10(14)15)9-4-8(17-23(2,21)22)6(12)3-7(9)13;1-11(2)14(10(15)9(12)13)6-8(17-11)7-4-3-5-16-7/h6-8,12H,5,9-10H2,1-4H3;3-4,10,17H,1-2H3;3-5,8-9H,6H2,1-2H3. The number of sulfonamides is 1. The molecular formula is C37H45Cl5F2N6O8S. The number of halogens is 7. The number of aromatic nitrogens is 3. The summed E-state index contributed by atoms with van der Waals surface area (Å²) in [6.45, 7) is 8.69. The molecule has 3 heterocycles. The molecule has 2 aromatic heterocycles. The Morgan fingerprint density at radius 2 is 1.78 bits per heavy atom. The van der Waals surface area contributed by atoms with Crippen LogP contribution in [0.5, 0.6) is 0 Å². The summed E-state index contributed by atoms with van der Waals surface area (Å²) < 4.78 is 67.5. The Bertz CT molecular complexity index is 2240. The van der Waals surface area contributed by atoms with Gasteiger partial charge in [0.2, 0.25) is 15.9 Å². The lowest BCUT2D eigenvalue weighted by molar-refractivity contribution is -0.144. The molecule has 2 aromatic carbocycles. The van der Waals surface area contributed by atoms with Crippen molar-refractivity contribution in [2.75, 3.05) is 42.0 Å². The number of nitrogens with one attached hydrogen (secondary N) is 1. The van der Waals surface area contributed by atoms with Gasteiger partial charge in [0.05, 0.1) is 58.8 Å². The zero-order valence-corrected chi connectivity index (χ0v) is 37.9. The fourth-order valence-electron chi connectivity index (χ4n) is 6.09. The van der Waals surface area contributed by atoms with E-state index in [1.165, 1.54) is 17.9 Å². The Kier molecular flexibility index (Phi) is 18.1. The Morgan fingerprint density at radius 3 is 2.29 bits per heavy atom. The van der Waals surface area contributed by atoms with Crippen LogP contribution in [-0.4, -0.2) is 88.5 Å². The highest BCUT2D eigenvalue weighted by Crippen LogP contribution is 2.37. The number of ether oxygens (including phenoxy) is 2. The summed E-state index contributed by atoms with van der Waals surface area (Å²) in [4.78, 5) is 38.2. The third kappa shape index (κ3) is 12.8. The molecule has 5 rings (SSSR count). The van der Waals surface area contributed by atoms with Crippen molar-refractivity contribution in [1.29, 1.82) is 0 Å². The Labute approximate surface area is 366 Å². The number of furan rings is 1. The highest BCUT2D eigenvalue weighted by molar-refractivity contribution is 7.92. The molecule has 0 radical (unpaired) electrons. The van der Waals surface area contributed by atoms with E-state index in [0.717, 1.165) is 35.6 Å². The normalized spacial score (nSPS) is 15.3. The molecule has 1 N–H and O–H groups in total. The van der Waals surface area contributed by atoms with Crippen LogP contribution in [0.15, 0.2) is 57.9 Å².